The van der Waals surface area contributed by atoms with E-state index in [0.717, 1.165) is 19.2 Å². The number of carbonyl (C=O) groups is 1. The molecule has 0 aliphatic carbocycles. The number of alkyl halides is 3. The Morgan fingerprint density at radius 1 is 1.18 bits per heavy atom. The van der Waals surface area contributed by atoms with E-state index in [0.29, 0.717) is 0 Å². The molecule has 94 valence electrons. The zero-order chi connectivity index (χ0) is 13.2. The molecule has 1 aromatic rings. The van der Waals surface area contributed by atoms with Gasteiger partial charge in [-0.15, -0.1) is 0 Å². The molecule has 0 aliphatic heterocycles. The van der Waals surface area contributed by atoms with Crippen LogP contribution in [0.4, 0.5) is 13.2 Å². The second kappa shape index (κ2) is 4.83. The van der Waals surface area contributed by atoms with E-state index in [1.807, 2.05) is 0 Å². The van der Waals surface area contributed by atoms with E-state index in [1.165, 1.54) is 7.11 Å². The maximum absolute atomic E-state index is 12.3. The van der Waals surface area contributed by atoms with Crippen LogP contribution in [0.5, 0.6) is 11.5 Å². The van der Waals surface area contributed by atoms with E-state index < -0.39 is 17.5 Å². The summed E-state index contributed by atoms with van der Waals surface area (Å²) in [5.74, 6) is -2.13. The van der Waals surface area contributed by atoms with Gasteiger partial charge in [0.15, 0.2) is 0 Å². The van der Waals surface area contributed by atoms with Crippen molar-refractivity contribution in [2.75, 3.05) is 14.2 Å². The molecule has 0 amide bonds. The third-order valence-corrected chi connectivity index (χ3v) is 2.27. The van der Waals surface area contributed by atoms with Crippen LogP contribution in [0.15, 0.2) is 12.1 Å². The van der Waals surface area contributed by atoms with Crippen LogP contribution >= 0.6 is 11.6 Å². The highest BCUT2D eigenvalue weighted by molar-refractivity contribution is 6.32. The van der Waals surface area contributed by atoms with Crippen LogP contribution in [0.3, 0.4) is 0 Å². The monoisotopic (exact) mass is 268 g/mol. The fourth-order valence-corrected chi connectivity index (χ4v) is 1.43. The molecule has 3 nitrogen and oxygen atoms in total. The standard InChI is InChI=1S/C10H8ClF3O3/c1-16-7-4-8(17-2)6(11)3-5(7)9(15)10(12,13)14/h3-4H,1-2H3. The molecule has 0 aliphatic rings. The van der Waals surface area contributed by atoms with Crippen molar-refractivity contribution in [2.45, 2.75) is 6.18 Å². The van der Waals surface area contributed by atoms with Crippen molar-refractivity contribution in [1.29, 1.82) is 0 Å². The highest BCUT2D eigenvalue weighted by Gasteiger charge is 2.41. The summed E-state index contributed by atoms with van der Waals surface area (Å²) in [6.07, 6.45) is -4.98. The van der Waals surface area contributed by atoms with Crippen LogP contribution in [-0.2, 0) is 0 Å². The van der Waals surface area contributed by atoms with Crippen LogP contribution in [0, 0.1) is 0 Å². The Hall–Kier alpha value is -1.43. The van der Waals surface area contributed by atoms with E-state index in [2.05, 4.69) is 0 Å². The van der Waals surface area contributed by atoms with Crippen molar-refractivity contribution in [3.05, 3.63) is 22.7 Å². The minimum atomic E-state index is -4.98. The van der Waals surface area contributed by atoms with Crippen molar-refractivity contribution >= 4 is 17.4 Å². The van der Waals surface area contributed by atoms with Gasteiger partial charge >= 0.3 is 6.18 Å². The lowest BCUT2D eigenvalue weighted by atomic mass is 10.1. The van der Waals surface area contributed by atoms with Crippen LogP contribution < -0.4 is 9.47 Å². The summed E-state index contributed by atoms with van der Waals surface area (Å²) in [4.78, 5) is 11.1. The Balaban J connectivity index is 3.34. The van der Waals surface area contributed by atoms with E-state index in [-0.39, 0.29) is 16.5 Å². The van der Waals surface area contributed by atoms with Crippen molar-refractivity contribution in [3.8, 4) is 11.5 Å². The lowest BCUT2D eigenvalue weighted by Gasteiger charge is -2.12. The summed E-state index contributed by atoms with van der Waals surface area (Å²) < 4.78 is 46.4. The number of methoxy groups -OCH3 is 2. The summed E-state index contributed by atoms with van der Waals surface area (Å²) >= 11 is 5.65. The maximum Gasteiger partial charge on any atom is 0.455 e. The number of hydrogen-bond donors (Lipinski definition) is 0. The van der Waals surface area contributed by atoms with E-state index in [1.54, 1.807) is 0 Å². The molecule has 1 rings (SSSR count). The van der Waals surface area contributed by atoms with Gasteiger partial charge in [-0.1, -0.05) is 11.6 Å². The quantitative estimate of drug-likeness (QED) is 0.790. The Morgan fingerprint density at radius 2 is 1.71 bits per heavy atom. The number of ether oxygens (including phenoxy) is 2. The summed E-state index contributed by atoms with van der Waals surface area (Å²) in [5, 5.41) is -0.0964. The molecule has 0 saturated heterocycles. The number of halogens is 4. The summed E-state index contributed by atoms with van der Waals surface area (Å²) in [6, 6.07) is 2.00. The second-order valence-electron chi connectivity index (χ2n) is 3.01. The fourth-order valence-electron chi connectivity index (χ4n) is 1.19. The first-order valence-corrected chi connectivity index (χ1v) is 4.72. The van der Waals surface area contributed by atoms with Gasteiger partial charge in [0.2, 0.25) is 0 Å². The zero-order valence-electron chi connectivity index (χ0n) is 8.89. The van der Waals surface area contributed by atoms with Gasteiger partial charge in [-0.05, 0) is 6.07 Å². The number of Topliss-reactive ketones (excluding diaryl/α,β-unsaturated/α-hetero) is 1. The lowest BCUT2D eigenvalue weighted by Crippen LogP contribution is -2.23. The predicted octanol–water partition coefficient (Wildman–Crippen LogP) is 3.10. The van der Waals surface area contributed by atoms with E-state index in [9.17, 15) is 18.0 Å². The molecule has 0 saturated carbocycles. The maximum atomic E-state index is 12.3. The molecule has 0 bridgehead atoms. The Bertz CT molecular complexity index is 443. The number of hydrogen-bond acceptors (Lipinski definition) is 3. The van der Waals surface area contributed by atoms with Gasteiger partial charge in [0.25, 0.3) is 5.78 Å². The van der Waals surface area contributed by atoms with Gasteiger partial charge in [0.05, 0.1) is 24.8 Å². The highest BCUT2D eigenvalue weighted by atomic mass is 35.5. The van der Waals surface area contributed by atoms with Crippen LogP contribution in [0.1, 0.15) is 10.4 Å². The van der Waals surface area contributed by atoms with Gasteiger partial charge in [0.1, 0.15) is 11.5 Å². The SMILES string of the molecule is COc1cc(OC)c(C(=O)C(F)(F)F)cc1Cl. The molecule has 0 aromatic heterocycles. The first-order valence-electron chi connectivity index (χ1n) is 4.34. The van der Waals surface area contributed by atoms with Crippen molar-refractivity contribution < 1.29 is 27.4 Å². The number of ketones is 1. The van der Waals surface area contributed by atoms with Crippen molar-refractivity contribution in [2.24, 2.45) is 0 Å². The van der Waals surface area contributed by atoms with Gasteiger partial charge < -0.3 is 9.47 Å². The smallest absolute Gasteiger partial charge is 0.455 e. The van der Waals surface area contributed by atoms with Gasteiger partial charge in [-0.2, -0.15) is 13.2 Å². The third kappa shape index (κ3) is 2.82. The summed E-state index contributed by atoms with van der Waals surface area (Å²) in [6.45, 7) is 0. The Labute approximate surface area is 100 Å². The largest absolute Gasteiger partial charge is 0.496 e. The highest BCUT2D eigenvalue weighted by Crippen LogP contribution is 2.35. The molecule has 0 spiro atoms. The average molecular weight is 269 g/mol. The number of carbonyl (C=O) groups excluding carboxylic acids is 1. The second-order valence-corrected chi connectivity index (χ2v) is 3.42. The van der Waals surface area contributed by atoms with E-state index in [4.69, 9.17) is 21.1 Å². The van der Waals surface area contributed by atoms with Gasteiger partial charge in [-0.3, -0.25) is 4.79 Å². The van der Waals surface area contributed by atoms with Gasteiger partial charge in [0, 0.05) is 6.07 Å². The van der Waals surface area contributed by atoms with Gasteiger partial charge in [-0.25, -0.2) is 0 Å². The number of rotatable bonds is 3. The lowest BCUT2D eigenvalue weighted by molar-refractivity contribution is -0.0886. The van der Waals surface area contributed by atoms with E-state index >= 15 is 0 Å². The molecule has 17 heavy (non-hydrogen) atoms. The molecule has 0 radical (unpaired) electrons. The Kier molecular flexibility index (Phi) is 3.87. The van der Waals surface area contributed by atoms with Crippen molar-refractivity contribution in [3.63, 3.8) is 0 Å². The van der Waals surface area contributed by atoms with Crippen LogP contribution in [0.2, 0.25) is 5.02 Å². The zero-order valence-corrected chi connectivity index (χ0v) is 9.65. The average Bonchev–Trinajstić information content (AvgIpc) is 2.26. The minimum Gasteiger partial charge on any atom is -0.496 e. The molecular weight excluding hydrogens is 261 g/mol. The molecule has 7 heteroatoms. The molecular formula is C10H8ClF3O3. The minimum absolute atomic E-state index is 0.0964. The summed E-state index contributed by atoms with van der Waals surface area (Å²) in [7, 11) is 2.45. The molecule has 0 heterocycles. The Morgan fingerprint density at radius 3 is 2.12 bits per heavy atom. The molecule has 1 aromatic carbocycles. The first kappa shape index (κ1) is 13.6. The molecule has 0 atom stereocenters. The van der Waals surface area contributed by atoms with Crippen molar-refractivity contribution in [1.82, 2.24) is 0 Å². The fraction of sp³-hybridized carbons (Fsp3) is 0.300. The topological polar surface area (TPSA) is 35.5 Å². The normalized spacial score (nSPS) is 11.2. The molecule has 0 N–H and O–H groups in total. The third-order valence-electron chi connectivity index (χ3n) is 1.98. The summed E-state index contributed by atoms with van der Waals surface area (Å²) in [5.41, 5.74) is -0.647. The number of benzene rings is 1. The van der Waals surface area contributed by atoms with Crippen LogP contribution in [0.25, 0.3) is 0 Å². The predicted molar refractivity (Wildman–Crippen MR) is 54.9 cm³/mol. The molecule has 0 fully saturated rings. The first-order chi connectivity index (χ1) is 7.81. The van der Waals surface area contributed by atoms with Crippen LogP contribution in [-0.4, -0.2) is 26.2 Å². The molecule has 0 unspecified atom stereocenters.